The number of ether oxygens (including phenoxy) is 1. The highest BCUT2D eigenvalue weighted by Crippen LogP contribution is 2.47. The molecular weight excluding hydrogens is 741 g/mol. The van der Waals surface area contributed by atoms with Crippen LogP contribution in [0.5, 0.6) is 11.5 Å². The van der Waals surface area contributed by atoms with Crippen LogP contribution in [-0.4, -0.2) is 6.71 Å². The summed E-state index contributed by atoms with van der Waals surface area (Å²) < 4.78 is 7.08. The van der Waals surface area contributed by atoms with Gasteiger partial charge in [-0.1, -0.05) is 142 Å². The summed E-state index contributed by atoms with van der Waals surface area (Å²) in [7, 11) is 0. The van der Waals surface area contributed by atoms with Crippen LogP contribution in [0.15, 0.2) is 212 Å². The molecule has 4 nitrogen and oxygen atoms in total. The highest BCUT2D eigenvalue weighted by molar-refractivity contribution is 7.00. The van der Waals surface area contributed by atoms with E-state index in [2.05, 4.69) is 248 Å². The Bertz CT molecular complexity index is 2960. The second kappa shape index (κ2) is 14.7. The molecule has 0 unspecified atom stereocenters. The fraction of sp³-hybridized carbons (Fsp3) is 0.0714. The van der Waals surface area contributed by atoms with Crippen LogP contribution >= 0.6 is 0 Å². The molecule has 0 aliphatic carbocycles. The van der Waals surface area contributed by atoms with Crippen molar-refractivity contribution < 1.29 is 4.74 Å². The number of fused-ring (bicyclic) bond motifs is 6. The van der Waals surface area contributed by atoms with Crippen molar-refractivity contribution in [3.63, 3.8) is 0 Å². The molecule has 61 heavy (non-hydrogen) atoms. The van der Waals surface area contributed by atoms with Gasteiger partial charge in [0.2, 0.25) is 0 Å². The lowest BCUT2D eigenvalue weighted by Crippen LogP contribution is -2.59. The Morgan fingerprint density at radius 2 is 0.967 bits per heavy atom. The van der Waals surface area contributed by atoms with Gasteiger partial charge in [0.25, 0.3) is 6.71 Å². The van der Waals surface area contributed by atoms with Gasteiger partial charge in [-0.3, -0.25) is 0 Å². The molecule has 0 aromatic heterocycles. The molecule has 0 saturated carbocycles. The lowest BCUT2D eigenvalue weighted by Gasteiger charge is -2.42. The predicted octanol–water partition coefficient (Wildman–Crippen LogP) is 13.5. The van der Waals surface area contributed by atoms with Crippen LogP contribution in [0.25, 0.3) is 10.8 Å². The molecule has 2 aliphatic heterocycles. The maximum Gasteiger partial charge on any atom is 0.257 e. The molecule has 0 saturated heterocycles. The van der Waals surface area contributed by atoms with E-state index in [0.717, 1.165) is 68.1 Å². The van der Waals surface area contributed by atoms with Crippen LogP contribution in [0.4, 0.5) is 51.2 Å². The number of hydrogen-bond donors (Lipinski definition) is 0. The molecule has 0 bridgehead atoms. The van der Waals surface area contributed by atoms with Crippen LogP contribution < -0.4 is 35.8 Å². The van der Waals surface area contributed by atoms with Crippen LogP contribution in [0.3, 0.4) is 0 Å². The number of benzene rings is 9. The molecule has 2 aliphatic rings. The summed E-state index contributed by atoms with van der Waals surface area (Å²) >= 11 is 0. The first-order chi connectivity index (χ1) is 29.9. The maximum atomic E-state index is 7.08. The maximum absolute atomic E-state index is 7.08. The highest BCUT2D eigenvalue weighted by atomic mass is 16.5. The van der Waals surface area contributed by atoms with Crippen molar-refractivity contribution in [1.82, 2.24) is 0 Å². The molecule has 292 valence electrons. The minimum Gasteiger partial charge on any atom is -0.458 e. The van der Waals surface area contributed by atoms with Gasteiger partial charge >= 0.3 is 0 Å². The fourth-order valence-electron chi connectivity index (χ4n) is 9.41. The largest absolute Gasteiger partial charge is 0.458 e. The van der Waals surface area contributed by atoms with Crippen molar-refractivity contribution in [2.75, 3.05) is 14.7 Å². The fourth-order valence-corrected chi connectivity index (χ4v) is 9.41. The molecule has 0 N–H and O–H groups in total. The van der Waals surface area contributed by atoms with E-state index in [9.17, 15) is 0 Å². The lowest BCUT2D eigenvalue weighted by atomic mass is 9.33. The summed E-state index contributed by atoms with van der Waals surface area (Å²) in [5.74, 6) is 1.74. The van der Waals surface area contributed by atoms with Crippen LogP contribution in [-0.2, 0) is 5.41 Å². The summed E-state index contributed by atoms with van der Waals surface area (Å²) in [5, 5.41) is 2.39. The van der Waals surface area contributed by atoms with Gasteiger partial charge in [-0.2, -0.15) is 0 Å². The second-order valence-electron chi connectivity index (χ2n) is 17.0. The SMILES string of the molecule is CC(C)(C)c1ccc(N2c3cccc4c3B(c3ccc(N(c5ccccc5)c5ccccc5)cc3O4)c3c2cc(N(c2ccccc2)c2ccccc2)c2ccccc32)cc1. The molecule has 9 aromatic carbocycles. The number of nitrogens with zero attached hydrogens (tertiary/aromatic N) is 3. The van der Waals surface area contributed by atoms with Gasteiger partial charge in [0.05, 0.1) is 5.69 Å². The van der Waals surface area contributed by atoms with Crippen molar-refractivity contribution in [3.05, 3.63) is 218 Å². The summed E-state index contributed by atoms with van der Waals surface area (Å²) in [6.45, 7) is 6.73. The van der Waals surface area contributed by atoms with E-state index in [0.29, 0.717) is 0 Å². The van der Waals surface area contributed by atoms with Crippen molar-refractivity contribution in [2.45, 2.75) is 26.2 Å². The monoisotopic (exact) mass is 785 g/mol. The molecular formula is C56H44BN3O. The van der Waals surface area contributed by atoms with Gasteiger partial charge in [-0.05, 0) is 118 Å². The zero-order chi connectivity index (χ0) is 41.1. The van der Waals surface area contributed by atoms with Gasteiger partial charge < -0.3 is 19.4 Å². The summed E-state index contributed by atoms with van der Waals surface area (Å²) in [6, 6.07) is 76.5. The number of para-hydroxylation sites is 4. The van der Waals surface area contributed by atoms with Gasteiger partial charge in [0.1, 0.15) is 11.5 Å². The first-order valence-corrected chi connectivity index (χ1v) is 21.1. The Hall–Kier alpha value is -7.50. The first-order valence-electron chi connectivity index (χ1n) is 21.1. The van der Waals surface area contributed by atoms with E-state index in [-0.39, 0.29) is 12.1 Å². The molecule has 2 heterocycles. The Labute approximate surface area is 358 Å². The number of hydrogen-bond acceptors (Lipinski definition) is 4. The van der Waals surface area contributed by atoms with Crippen molar-refractivity contribution in [2.24, 2.45) is 0 Å². The van der Waals surface area contributed by atoms with Crippen molar-refractivity contribution >= 4 is 85.1 Å². The average Bonchev–Trinajstić information content (AvgIpc) is 3.30. The summed E-state index contributed by atoms with van der Waals surface area (Å²) in [5.41, 5.74) is 14.8. The number of rotatable bonds is 7. The standard InChI is InChI=1S/C56H44BN3O/c1-56(2,3)39-31-33-44(34-32-39)60-49-29-18-30-52-55(49)57(48-36-35-45(37-53(48)61-52)58(40-19-8-4-9-20-40)41-21-10-5-11-22-41)54-47-28-17-16-27-46(47)50(38-51(54)60)59(42-23-12-6-13-24-42)43-25-14-7-15-26-43/h4-38H,1-3H3. The third-order valence-electron chi connectivity index (χ3n) is 12.2. The highest BCUT2D eigenvalue weighted by Gasteiger charge is 2.43. The van der Waals surface area contributed by atoms with E-state index in [4.69, 9.17) is 4.74 Å². The molecule has 0 atom stereocenters. The minimum absolute atomic E-state index is 0.0254. The van der Waals surface area contributed by atoms with E-state index >= 15 is 0 Å². The molecule has 11 rings (SSSR count). The smallest absolute Gasteiger partial charge is 0.257 e. The first kappa shape index (κ1) is 36.6. The Balaban J connectivity index is 1.18. The topological polar surface area (TPSA) is 19.0 Å². The quantitative estimate of drug-likeness (QED) is 0.150. The molecule has 0 amide bonds. The van der Waals surface area contributed by atoms with Gasteiger partial charge in [-0.25, -0.2) is 0 Å². The van der Waals surface area contributed by atoms with Crippen molar-refractivity contribution in [1.29, 1.82) is 0 Å². The van der Waals surface area contributed by atoms with E-state index in [1.165, 1.54) is 27.3 Å². The van der Waals surface area contributed by atoms with E-state index < -0.39 is 0 Å². The Morgan fingerprint density at radius 3 is 1.54 bits per heavy atom. The molecule has 0 radical (unpaired) electrons. The zero-order valence-electron chi connectivity index (χ0n) is 34.5. The average molecular weight is 786 g/mol. The molecule has 0 fully saturated rings. The Kier molecular flexibility index (Phi) is 8.78. The van der Waals surface area contributed by atoms with Crippen molar-refractivity contribution in [3.8, 4) is 11.5 Å². The van der Waals surface area contributed by atoms with Gasteiger partial charge in [0, 0.05) is 57.0 Å². The van der Waals surface area contributed by atoms with Gasteiger partial charge in [0.15, 0.2) is 0 Å². The van der Waals surface area contributed by atoms with Gasteiger partial charge in [-0.15, -0.1) is 0 Å². The lowest BCUT2D eigenvalue weighted by molar-refractivity contribution is 0.487. The van der Waals surface area contributed by atoms with Crippen LogP contribution in [0, 0.1) is 0 Å². The minimum atomic E-state index is -0.0909. The summed E-state index contributed by atoms with van der Waals surface area (Å²) in [6.07, 6.45) is 0. The predicted molar refractivity (Wildman–Crippen MR) is 258 cm³/mol. The second-order valence-corrected chi connectivity index (χ2v) is 17.0. The van der Waals surface area contributed by atoms with Crippen LogP contribution in [0.1, 0.15) is 26.3 Å². The van der Waals surface area contributed by atoms with E-state index in [1.54, 1.807) is 0 Å². The molecule has 5 heteroatoms. The normalized spacial score (nSPS) is 12.6. The third kappa shape index (κ3) is 6.24. The Morgan fingerprint density at radius 1 is 0.426 bits per heavy atom. The molecule has 0 spiro atoms. The summed E-state index contributed by atoms with van der Waals surface area (Å²) in [4.78, 5) is 7.18. The number of anilines is 9. The zero-order valence-corrected chi connectivity index (χ0v) is 34.5. The third-order valence-corrected chi connectivity index (χ3v) is 12.2. The van der Waals surface area contributed by atoms with E-state index in [1.807, 2.05) is 0 Å². The van der Waals surface area contributed by atoms with Crippen LogP contribution in [0.2, 0.25) is 0 Å². The molecule has 9 aromatic rings.